The molecule has 0 spiro atoms. The molecular weight excluding hydrogens is 376 g/mol. The smallest absolute Gasteiger partial charge is 0.272 e. The van der Waals surface area contributed by atoms with Gasteiger partial charge in [-0.25, -0.2) is 5.43 Å². The van der Waals surface area contributed by atoms with Gasteiger partial charge in [0.1, 0.15) is 5.70 Å². The molecule has 0 bridgehead atoms. The van der Waals surface area contributed by atoms with Gasteiger partial charge in [0, 0.05) is 6.54 Å². The molecule has 0 radical (unpaired) electrons. The molecule has 6 heteroatoms. The summed E-state index contributed by atoms with van der Waals surface area (Å²) in [7, 11) is 0. The minimum atomic E-state index is -0.197. The van der Waals surface area contributed by atoms with E-state index in [0.29, 0.717) is 13.4 Å². The zero-order valence-electron chi connectivity index (χ0n) is 19.2. The number of benzene rings is 1. The van der Waals surface area contributed by atoms with Gasteiger partial charge in [0.25, 0.3) is 5.91 Å². The third-order valence-electron chi connectivity index (χ3n) is 5.65. The first-order valence-corrected chi connectivity index (χ1v) is 11.3. The summed E-state index contributed by atoms with van der Waals surface area (Å²) in [5.41, 5.74) is 6.59. The number of carbonyl (C=O) groups excluding carboxylic acids is 1. The van der Waals surface area contributed by atoms with Crippen LogP contribution in [0.5, 0.6) is 0 Å². The predicted octanol–water partition coefficient (Wildman–Crippen LogP) is 3.85. The number of hydrazine groups is 1. The number of fused-ring (bicyclic) bond motifs is 1. The molecule has 0 aromatic heterocycles. The Morgan fingerprint density at radius 1 is 1.20 bits per heavy atom. The third kappa shape index (κ3) is 5.84. The van der Waals surface area contributed by atoms with Gasteiger partial charge in [-0.2, -0.15) is 0 Å². The minimum Gasteiger partial charge on any atom is -0.361 e. The number of hydrogen-bond acceptors (Lipinski definition) is 5. The first kappa shape index (κ1) is 22.8. The molecule has 1 aromatic carbocycles. The second-order valence-corrected chi connectivity index (χ2v) is 9.43. The minimum absolute atomic E-state index is 0.0374. The molecule has 2 N–H and O–H groups in total. The summed E-state index contributed by atoms with van der Waals surface area (Å²) in [6, 6.07) is 8.85. The topological polar surface area (TPSA) is 56.8 Å². The highest BCUT2D eigenvalue weighted by Gasteiger charge is 2.40. The van der Waals surface area contributed by atoms with E-state index < -0.39 is 0 Å². The Balaban J connectivity index is 1.70. The fourth-order valence-corrected chi connectivity index (χ4v) is 3.93. The quantitative estimate of drug-likeness (QED) is 0.475. The Morgan fingerprint density at radius 2 is 1.93 bits per heavy atom. The average Bonchev–Trinajstić information content (AvgIpc) is 3.14. The van der Waals surface area contributed by atoms with Crippen LogP contribution in [-0.2, 0) is 9.53 Å². The maximum atomic E-state index is 13.2. The van der Waals surface area contributed by atoms with Crippen molar-refractivity contribution in [2.24, 2.45) is 0 Å². The van der Waals surface area contributed by atoms with Gasteiger partial charge < -0.3 is 9.64 Å². The number of ether oxygens (including phenoxy) is 1. The molecule has 0 saturated carbocycles. The van der Waals surface area contributed by atoms with Crippen LogP contribution >= 0.6 is 0 Å². The Labute approximate surface area is 181 Å². The standard InChI is InChI=1S/C24H38N4O2/c1-6-7-8-9-20-15-27(16-25-17-30-24(3,4)5)23(29)22-14-21(26-28(20)22)19-12-10-18(2)11-13-19/h10-14,20-21,25-26H,6-9,15-17H2,1-5H3. The molecule has 1 aromatic rings. The number of rotatable bonds is 9. The average molecular weight is 415 g/mol. The van der Waals surface area contributed by atoms with Crippen molar-refractivity contribution in [2.75, 3.05) is 19.9 Å². The van der Waals surface area contributed by atoms with Gasteiger partial charge in [-0.3, -0.25) is 15.1 Å². The van der Waals surface area contributed by atoms with Gasteiger partial charge in [-0.1, -0.05) is 56.0 Å². The molecule has 2 unspecified atom stereocenters. The zero-order chi connectivity index (χ0) is 21.7. The summed E-state index contributed by atoms with van der Waals surface area (Å²) in [4.78, 5) is 15.1. The van der Waals surface area contributed by atoms with E-state index in [9.17, 15) is 4.79 Å². The van der Waals surface area contributed by atoms with Crippen LogP contribution in [0.2, 0.25) is 0 Å². The summed E-state index contributed by atoms with van der Waals surface area (Å²) < 4.78 is 5.75. The predicted molar refractivity (Wildman–Crippen MR) is 120 cm³/mol. The summed E-state index contributed by atoms with van der Waals surface area (Å²) in [6.45, 7) is 12.1. The lowest BCUT2D eigenvalue weighted by Crippen LogP contribution is -2.58. The zero-order valence-corrected chi connectivity index (χ0v) is 19.2. The van der Waals surface area contributed by atoms with Gasteiger partial charge in [-0.15, -0.1) is 0 Å². The Bertz CT molecular complexity index is 739. The van der Waals surface area contributed by atoms with Crippen LogP contribution in [0.4, 0.5) is 0 Å². The molecule has 166 valence electrons. The van der Waals surface area contributed by atoms with Crippen molar-refractivity contribution >= 4 is 5.91 Å². The van der Waals surface area contributed by atoms with Gasteiger partial charge in [-0.05, 0) is 45.8 Å². The fourth-order valence-electron chi connectivity index (χ4n) is 3.93. The Hall–Kier alpha value is -1.89. The van der Waals surface area contributed by atoms with Crippen molar-refractivity contribution in [3.63, 3.8) is 0 Å². The summed E-state index contributed by atoms with van der Waals surface area (Å²) in [6.07, 6.45) is 6.74. The van der Waals surface area contributed by atoms with Crippen molar-refractivity contribution in [3.8, 4) is 0 Å². The van der Waals surface area contributed by atoms with Gasteiger partial charge >= 0.3 is 0 Å². The molecule has 30 heavy (non-hydrogen) atoms. The molecular formula is C24H38N4O2. The number of carbonyl (C=O) groups is 1. The lowest BCUT2D eigenvalue weighted by molar-refractivity contribution is -0.135. The molecule has 2 aliphatic heterocycles. The summed E-state index contributed by atoms with van der Waals surface area (Å²) in [5.74, 6) is 0.0760. The van der Waals surface area contributed by atoms with Crippen LogP contribution in [0, 0.1) is 6.92 Å². The molecule has 2 aliphatic rings. The number of nitrogens with zero attached hydrogens (tertiary/aromatic N) is 2. The fraction of sp³-hybridized carbons (Fsp3) is 0.625. The Morgan fingerprint density at radius 3 is 2.60 bits per heavy atom. The number of aryl methyl sites for hydroxylation is 1. The molecule has 3 rings (SSSR count). The molecule has 6 nitrogen and oxygen atoms in total. The third-order valence-corrected chi connectivity index (χ3v) is 5.65. The first-order chi connectivity index (χ1) is 14.3. The second kappa shape index (κ2) is 9.94. The summed E-state index contributed by atoms with van der Waals surface area (Å²) >= 11 is 0. The highest BCUT2D eigenvalue weighted by atomic mass is 16.5. The van der Waals surface area contributed by atoms with E-state index in [-0.39, 0.29) is 23.6 Å². The molecule has 1 fully saturated rings. The van der Waals surface area contributed by atoms with Crippen LogP contribution < -0.4 is 10.7 Å². The van der Waals surface area contributed by atoms with E-state index in [1.165, 1.54) is 30.4 Å². The van der Waals surface area contributed by atoms with E-state index in [0.717, 1.165) is 18.7 Å². The highest BCUT2D eigenvalue weighted by Crippen LogP contribution is 2.32. The first-order valence-electron chi connectivity index (χ1n) is 11.3. The van der Waals surface area contributed by atoms with Crippen molar-refractivity contribution < 1.29 is 9.53 Å². The van der Waals surface area contributed by atoms with Crippen molar-refractivity contribution in [1.82, 2.24) is 20.7 Å². The number of piperazine rings is 1. The van der Waals surface area contributed by atoms with E-state index in [1.54, 1.807) is 0 Å². The molecule has 2 heterocycles. The van der Waals surface area contributed by atoms with Gasteiger partial charge in [0.05, 0.1) is 31.1 Å². The van der Waals surface area contributed by atoms with Crippen LogP contribution in [0.25, 0.3) is 0 Å². The maximum Gasteiger partial charge on any atom is 0.272 e. The van der Waals surface area contributed by atoms with Crippen molar-refractivity contribution in [2.45, 2.75) is 78.0 Å². The van der Waals surface area contributed by atoms with Crippen molar-refractivity contribution in [3.05, 3.63) is 47.2 Å². The second-order valence-electron chi connectivity index (χ2n) is 9.43. The molecule has 0 aliphatic carbocycles. The van der Waals surface area contributed by atoms with E-state index >= 15 is 0 Å². The van der Waals surface area contributed by atoms with Crippen LogP contribution in [-0.4, -0.2) is 47.4 Å². The van der Waals surface area contributed by atoms with Crippen LogP contribution in [0.1, 0.15) is 70.5 Å². The monoisotopic (exact) mass is 414 g/mol. The number of amides is 1. The lowest BCUT2D eigenvalue weighted by atomic mass is 10.0. The molecule has 1 amide bonds. The number of hydrogen-bond donors (Lipinski definition) is 2. The van der Waals surface area contributed by atoms with Crippen molar-refractivity contribution in [1.29, 1.82) is 0 Å². The number of nitrogens with one attached hydrogen (secondary N) is 2. The molecule has 2 atom stereocenters. The van der Waals surface area contributed by atoms with E-state index in [2.05, 4.69) is 59.9 Å². The summed E-state index contributed by atoms with van der Waals surface area (Å²) in [5, 5.41) is 5.41. The van der Waals surface area contributed by atoms with Crippen LogP contribution in [0.15, 0.2) is 36.0 Å². The lowest BCUT2D eigenvalue weighted by Gasteiger charge is -2.41. The SMILES string of the molecule is CCCCCC1CN(CNCOC(C)(C)C)C(=O)C2=CC(c3ccc(C)cc3)NN21. The van der Waals surface area contributed by atoms with Crippen LogP contribution in [0.3, 0.4) is 0 Å². The van der Waals surface area contributed by atoms with Gasteiger partial charge in [0.15, 0.2) is 0 Å². The number of unbranched alkanes of at least 4 members (excludes halogenated alkanes) is 2. The maximum absolute atomic E-state index is 13.2. The van der Waals surface area contributed by atoms with E-state index in [4.69, 9.17) is 4.74 Å². The largest absolute Gasteiger partial charge is 0.361 e. The van der Waals surface area contributed by atoms with E-state index in [1.807, 2.05) is 25.7 Å². The molecule has 1 saturated heterocycles. The van der Waals surface area contributed by atoms with Gasteiger partial charge in [0.2, 0.25) is 0 Å². The highest BCUT2D eigenvalue weighted by molar-refractivity contribution is 5.94. The Kier molecular flexibility index (Phi) is 7.55. The normalized spacial score (nSPS) is 21.8.